The van der Waals surface area contributed by atoms with Gasteiger partial charge in [0.1, 0.15) is 4.21 Å². The molecule has 0 bridgehead atoms. The fourth-order valence-electron chi connectivity index (χ4n) is 4.59. The average molecular weight is 438 g/mol. The number of thiophene rings is 1. The fraction of sp³-hybridized carbons (Fsp3) is 0.632. The zero-order valence-electron chi connectivity index (χ0n) is 16.8. The molecule has 1 saturated carbocycles. The molecule has 1 atom stereocenters. The van der Waals surface area contributed by atoms with Crippen LogP contribution in [0.5, 0.6) is 0 Å². The summed E-state index contributed by atoms with van der Waals surface area (Å²) in [5.41, 5.74) is 0.429. The summed E-state index contributed by atoms with van der Waals surface area (Å²) in [6.07, 6.45) is 5.42. The molecule has 2 aromatic rings. The van der Waals surface area contributed by atoms with Crippen LogP contribution < -0.4 is 0 Å². The van der Waals surface area contributed by atoms with Crippen molar-refractivity contribution in [2.24, 2.45) is 5.41 Å². The number of rotatable bonds is 6. The van der Waals surface area contributed by atoms with E-state index in [9.17, 15) is 13.2 Å². The van der Waals surface area contributed by atoms with Gasteiger partial charge in [-0.05, 0) is 56.4 Å². The van der Waals surface area contributed by atoms with E-state index < -0.39 is 10.0 Å². The SMILES string of the molecule is CCN(CC)C(=O)c1cn(C2CCC23CCN(S(=O)(=O)c2cccs2)CC3)nn1. The third-order valence-corrected chi connectivity index (χ3v) is 9.80. The van der Waals surface area contributed by atoms with Gasteiger partial charge in [0.05, 0.1) is 12.2 Å². The molecular formula is C19H27N5O3S2. The number of hydrogen-bond donors (Lipinski definition) is 0. The Kier molecular flexibility index (Phi) is 5.52. The van der Waals surface area contributed by atoms with Crippen LogP contribution >= 0.6 is 11.3 Å². The van der Waals surface area contributed by atoms with E-state index in [1.807, 2.05) is 18.5 Å². The Bertz CT molecular complexity index is 958. The molecule has 2 fully saturated rings. The number of piperidine rings is 1. The van der Waals surface area contributed by atoms with Crippen LogP contribution in [0.1, 0.15) is 56.1 Å². The number of carbonyl (C=O) groups is 1. The molecule has 158 valence electrons. The van der Waals surface area contributed by atoms with E-state index in [1.165, 1.54) is 11.3 Å². The van der Waals surface area contributed by atoms with Gasteiger partial charge in [-0.25, -0.2) is 13.1 Å². The van der Waals surface area contributed by atoms with Gasteiger partial charge in [0.25, 0.3) is 15.9 Å². The Hall–Kier alpha value is -1.78. The lowest BCUT2D eigenvalue weighted by atomic mass is 9.59. The van der Waals surface area contributed by atoms with E-state index in [-0.39, 0.29) is 17.4 Å². The molecule has 1 aliphatic carbocycles. The molecule has 1 spiro atoms. The van der Waals surface area contributed by atoms with E-state index in [2.05, 4.69) is 10.3 Å². The summed E-state index contributed by atoms with van der Waals surface area (Å²) in [5, 5.41) is 10.2. The van der Waals surface area contributed by atoms with Crippen LogP contribution in [0.4, 0.5) is 0 Å². The van der Waals surface area contributed by atoms with Crippen molar-refractivity contribution in [2.45, 2.75) is 49.8 Å². The Labute approximate surface area is 175 Å². The van der Waals surface area contributed by atoms with Crippen molar-refractivity contribution in [1.82, 2.24) is 24.2 Å². The van der Waals surface area contributed by atoms with Crippen LogP contribution in [0.2, 0.25) is 0 Å². The maximum Gasteiger partial charge on any atom is 0.276 e. The van der Waals surface area contributed by atoms with Gasteiger partial charge < -0.3 is 4.90 Å². The minimum atomic E-state index is -3.39. The zero-order valence-corrected chi connectivity index (χ0v) is 18.5. The van der Waals surface area contributed by atoms with Gasteiger partial charge in [-0.2, -0.15) is 4.31 Å². The number of sulfonamides is 1. The average Bonchev–Trinajstić information content (AvgIpc) is 3.41. The fourth-order valence-corrected chi connectivity index (χ4v) is 7.17. The quantitative estimate of drug-likeness (QED) is 0.693. The molecule has 0 aromatic carbocycles. The normalized spacial score (nSPS) is 21.8. The number of carbonyl (C=O) groups excluding carboxylic acids is 1. The first-order valence-electron chi connectivity index (χ1n) is 10.2. The van der Waals surface area contributed by atoms with Crippen molar-refractivity contribution in [1.29, 1.82) is 0 Å². The molecule has 1 saturated heterocycles. The summed E-state index contributed by atoms with van der Waals surface area (Å²) in [6, 6.07) is 3.62. The molecule has 1 aliphatic heterocycles. The molecule has 2 aromatic heterocycles. The van der Waals surface area contributed by atoms with Crippen molar-refractivity contribution in [2.75, 3.05) is 26.2 Å². The van der Waals surface area contributed by atoms with Gasteiger partial charge >= 0.3 is 0 Å². The number of nitrogens with zero attached hydrogens (tertiary/aromatic N) is 5. The van der Waals surface area contributed by atoms with Gasteiger partial charge in [-0.3, -0.25) is 4.79 Å². The monoisotopic (exact) mass is 437 g/mol. The Morgan fingerprint density at radius 1 is 1.28 bits per heavy atom. The highest BCUT2D eigenvalue weighted by Gasteiger charge is 2.51. The first kappa shape index (κ1) is 20.5. The van der Waals surface area contributed by atoms with Crippen LogP contribution in [0.15, 0.2) is 27.9 Å². The molecular weight excluding hydrogens is 410 g/mol. The molecule has 4 rings (SSSR count). The lowest BCUT2D eigenvalue weighted by Crippen LogP contribution is -2.51. The lowest BCUT2D eigenvalue weighted by molar-refractivity contribution is -0.0159. The predicted molar refractivity (Wildman–Crippen MR) is 110 cm³/mol. The van der Waals surface area contributed by atoms with Crippen LogP contribution in [0.3, 0.4) is 0 Å². The molecule has 29 heavy (non-hydrogen) atoms. The van der Waals surface area contributed by atoms with Gasteiger partial charge in [0.15, 0.2) is 5.69 Å². The van der Waals surface area contributed by atoms with E-state index in [4.69, 9.17) is 0 Å². The van der Waals surface area contributed by atoms with Gasteiger partial charge in [-0.15, -0.1) is 16.4 Å². The minimum Gasteiger partial charge on any atom is -0.338 e. The maximum atomic E-state index is 12.8. The first-order valence-corrected chi connectivity index (χ1v) is 12.5. The van der Waals surface area contributed by atoms with Crippen molar-refractivity contribution < 1.29 is 13.2 Å². The standard InChI is InChI=1S/C19H27N5O3S2/c1-3-22(4-2)18(25)15-14-24(21-20-15)16-7-8-19(16)9-11-23(12-10-19)29(26,27)17-6-5-13-28-17/h5-6,13-14,16H,3-4,7-12H2,1-2H3. The molecule has 2 aliphatic rings. The third kappa shape index (κ3) is 3.51. The summed E-state index contributed by atoms with van der Waals surface area (Å²) in [5.74, 6) is -0.0912. The number of aromatic nitrogens is 3. The Morgan fingerprint density at radius 2 is 2.00 bits per heavy atom. The molecule has 1 amide bonds. The lowest BCUT2D eigenvalue weighted by Gasteiger charge is -2.53. The van der Waals surface area contributed by atoms with E-state index >= 15 is 0 Å². The highest BCUT2D eigenvalue weighted by Crippen LogP contribution is 2.56. The third-order valence-electron chi connectivity index (χ3n) is 6.53. The molecule has 3 heterocycles. The summed E-state index contributed by atoms with van der Waals surface area (Å²) in [7, 11) is -3.39. The highest BCUT2D eigenvalue weighted by atomic mass is 32.2. The summed E-state index contributed by atoms with van der Waals surface area (Å²) in [4.78, 5) is 14.3. The second kappa shape index (κ2) is 7.81. The minimum absolute atomic E-state index is 0.0463. The first-order chi connectivity index (χ1) is 13.9. The van der Waals surface area contributed by atoms with E-state index in [0.717, 1.165) is 25.7 Å². The smallest absolute Gasteiger partial charge is 0.276 e. The molecule has 0 radical (unpaired) electrons. The van der Waals surface area contributed by atoms with Crippen LogP contribution in [0, 0.1) is 5.41 Å². The number of hydrogen-bond acceptors (Lipinski definition) is 6. The van der Waals surface area contributed by atoms with E-state index in [1.54, 1.807) is 32.9 Å². The van der Waals surface area contributed by atoms with E-state index in [0.29, 0.717) is 36.1 Å². The maximum absolute atomic E-state index is 12.8. The predicted octanol–water partition coefficient (Wildman–Crippen LogP) is 2.63. The van der Waals surface area contributed by atoms with Crippen LogP contribution in [-0.2, 0) is 10.0 Å². The van der Waals surface area contributed by atoms with Crippen molar-refractivity contribution in [3.8, 4) is 0 Å². The Morgan fingerprint density at radius 3 is 2.55 bits per heavy atom. The van der Waals surface area contributed by atoms with Gasteiger partial charge in [0, 0.05) is 26.2 Å². The van der Waals surface area contributed by atoms with Crippen molar-refractivity contribution >= 4 is 27.3 Å². The van der Waals surface area contributed by atoms with Crippen LogP contribution in [-0.4, -0.2) is 64.7 Å². The van der Waals surface area contributed by atoms with Crippen LogP contribution in [0.25, 0.3) is 0 Å². The molecule has 1 unspecified atom stereocenters. The Balaban J connectivity index is 1.45. The zero-order chi connectivity index (χ0) is 20.6. The highest BCUT2D eigenvalue weighted by molar-refractivity contribution is 7.91. The van der Waals surface area contributed by atoms with Crippen molar-refractivity contribution in [3.63, 3.8) is 0 Å². The second-order valence-electron chi connectivity index (χ2n) is 7.81. The van der Waals surface area contributed by atoms with Gasteiger partial charge in [-0.1, -0.05) is 11.3 Å². The van der Waals surface area contributed by atoms with Crippen molar-refractivity contribution in [3.05, 3.63) is 29.4 Å². The molecule has 8 nitrogen and oxygen atoms in total. The number of amides is 1. The summed E-state index contributed by atoms with van der Waals surface area (Å²) in [6.45, 7) is 6.23. The summed E-state index contributed by atoms with van der Waals surface area (Å²) < 4.78 is 29.4. The largest absolute Gasteiger partial charge is 0.338 e. The van der Waals surface area contributed by atoms with Gasteiger partial charge in [0.2, 0.25) is 0 Å². The second-order valence-corrected chi connectivity index (χ2v) is 10.9. The topological polar surface area (TPSA) is 88.4 Å². The molecule has 0 N–H and O–H groups in total. The molecule has 10 heteroatoms. The summed E-state index contributed by atoms with van der Waals surface area (Å²) >= 11 is 1.26.